The summed E-state index contributed by atoms with van der Waals surface area (Å²) >= 11 is 0. The Morgan fingerprint density at radius 2 is 2.07 bits per heavy atom. The molecule has 0 amide bonds. The van der Waals surface area contributed by atoms with E-state index < -0.39 is 0 Å². The van der Waals surface area contributed by atoms with Crippen LogP contribution >= 0.6 is 0 Å². The van der Waals surface area contributed by atoms with Crippen LogP contribution in [0.25, 0.3) is 0 Å². The summed E-state index contributed by atoms with van der Waals surface area (Å²) < 4.78 is 13.4. The van der Waals surface area contributed by atoms with Crippen LogP contribution in [-0.4, -0.2) is 0 Å². The lowest BCUT2D eigenvalue weighted by atomic mass is 9.76. The Kier molecular flexibility index (Phi) is 1.76. The number of rotatable bonds is 0. The van der Waals surface area contributed by atoms with Crippen molar-refractivity contribution in [3.8, 4) is 0 Å². The molecular formula is C13H16FN. The average Bonchev–Trinajstić information content (AvgIpc) is 2.92. The second kappa shape index (κ2) is 2.82. The summed E-state index contributed by atoms with van der Waals surface area (Å²) in [7, 11) is 0. The Balaban J connectivity index is 2.23. The van der Waals surface area contributed by atoms with E-state index in [2.05, 4.69) is 0 Å². The van der Waals surface area contributed by atoms with Crippen LogP contribution in [0.5, 0.6) is 0 Å². The molecule has 1 spiro atoms. The third-order valence-electron chi connectivity index (χ3n) is 4.08. The van der Waals surface area contributed by atoms with Crippen molar-refractivity contribution in [2.45, 2.75) is 44.1 Å². The Bertz CT molecular complexity index is 421. The molecule has 2 N–H and O–H groups in total. The second-order valence-corrected chi connectivity index (χ2v) is 5.11. The number of benzene rings is 1. The van der Waals surface area contributed by atoms with E-state index >= 15 is 0 Å². The molecule has 0 aromatic heterocycles. The van der Waals surface area contributed by atoms with Gasteiger partial charge >= 0.3 is 0 Å². The Hall–Kier alpha value is -0.890. The molecule has 2 aliphatic rings. The summed E-state index contributed by atoms with van der Waals surface area (Å²) in [6.07, 6.45) is 4.63. The van der Waals surface area contributed by atoms with Gasteiger partial charge in [-0.25, -0.2) is 4.39 Å². The van der Waals surface area contributed by atoms with Gasteiger partial charge in [0.15, 0.2) is 0 Å². The van der Waals surface area contributed by atoms with E-state index in [1.54, 1.807) is 12.1 Å². The highest BCUT2D eigenvalue weighted by Gasteiger charge is 2.48. The fourth-order valence-electron chi connectivity index (χ4n) is 3.07. The maximum atomic E-state index is 13.4. The Morgan fingerprint density at radius 1 is 1.33 bits per heavy atom. The minimum Gasteiger partial charge on any atom is -0.324 e. The summed E-state index contributed by atoms with van der Waals surface area (Å²) in [6.45, 7) is 1.98. The number of hydrogen-bond acceptors (Lipinski definition) is 1. The molecule has 1 saturated carbocycles. The summed E-state index contributed by atoms with van der Waals surface area (Å²) in [5.74, 6) is -0.105. The van der Waals surface area contributed by atoms with Crippen LogP contribution in [0.2, 0.25) is 0 Å². The monoisotopic (exact) mass is 205 g/mol. The van der Waals surface area contributed by atoms with Crippen molar-refractivity contribution in [3.05, 3.63) is 34.6 Å². The highest BCUT2D eigenvalue weighted by Crippen LogP contribution is 2.57. The predicted octanol–water partition coefficient (Wildman–Crippen LogP) is 2.96. The highest BCUT2D eigenvalue weighted by atomic mass is 19.1. The standard InChI is InChI=1S/C13H16FN/c1-8-6-9(14)7-10-12(8)11(15)2-3-13(10)4-5-13/h6-7,11H,2-5,15H2,1H3. The van der Waals surface area contributed by atoms with E-state index in [1.165, 1.54) is 24.0 Å². The van der Waals surface area contributed by atoms with Crippen molar-refractivity contribution in [1.29, 1.82) is 0 Å². The van der Waals surface area contributed by atoms with Gasteiger partial charge < -0.3 is 5.73 Å². The maximum absolute atomic E-state index is 13.4. The van der Waals surface area contributed by atoms with Gasteiger partial charge in [-0.15, -0.1) is 0 Å². The minimum absolute atomic E-state index is 0.105. The van der Waals surface area contributed by atoms with Crippen molar-refractivity contribution in [1.82, 2.24) is 0 Å². The first kappa shape index (κ1) is 9.34. The molecule has 1 fully saturated rings. The van der Waals surface area contributed by atoms with Gasteiger partial charge in [-0.3, -0.25) is 0 Å². The maximum Gasteiger partial charge on any atom is 0.123 e. The van der Waals surface area contributed by atoms with E-state index in [0.717, 1.165) is 18.4 Å². The van der Waals surface area contributed by atoms with Gasteiger partial charge in [-0.1, -0.05) is 0 Å². The topological polar surface area (TPSA) is 26.0 Å². The highest BCUT2D eigenvalue weighted by molar-refractivity contribution is 5.47. The summed E-state index contributed by atoms with van der Waals surface area (Å²) in [4.78, 5) is 0. The zero-order chi connectivity index (χ0) is 10.6. The van der Waals surface area contributed by atoms with Gasteiger partial charge in [0.05, 0.1) is 0 Å². The quantitative estimate of drug-likeness (QED) is 0.692. The van der Waals surface area contributed by atoms with E-state index in [9.17, 15) is 4.39 Å². The molecule has 0 aliphatic heterocycles. The van der Waals surface area contributed by atoms with Gasteiger partial charge in [0.1, 0.15) is 5.82 Å². The molecule has 2 aliphatic carbocycles. The number of hydrogen-bond donors (Lipinski definition) is 1. The third kappa shape index (κ3) is 1.24. The van der Waals surface area contributed by atoms with Gasteiger partial charge in [-0.05, 0) is 66.8 Å². The molecule has 0 bridgehead atoms. The molecule has 1 nitrogen and oxygen atoms in total. The predicted molar refractivity (Wildman–Crippen MR) is 58.2 cm³/mol. The lowest BCUT2D eigenvalue weighted by molar-refractivity contribution is 0.472. The van der Waals surface area contributed by atoms with Crippen LogP contribution in [0.3, 0.4) is 0 Å². The number of fused-ring (bicyclic) bond motifs is 2. The molecule has 0 radical (unpaired) electrons. The van der Waals surface area contributed by atoms with E-state index in [-0.39, 0.29) is 11.9 Å². The largest absolute Gasteiger partial charge is 0.324 e. The van der Waals surface area contributed by atoms with Gasteiger partial charge in [0, 0.05) is 6.04 Å². The zero-order valence-electron chi connectivity index (χ0n) is 9.02. The molecule has 0 heterocycles. The molecule has 2 heteroatoms. The van der Waals surface area contributed by atoms with Gasteiger partial charge in [0.25, 0.3) is 0 Å². The van der Waals surface area contributed by atoms with Gasteiger partial charge in [-0.2, -0.15) is 0 Å². The molecule has 1 aromatic rings. The van der Waals surface area contributed by atoms with Gasteiger partial charge in [0.2, 0.25) is 0 Å². The van der Waals surface area contributed by atoms with Crippen LogP contribution in [0, 0.1) is 12.7 Å². The lowest BCUT2D eigenvalue weighted by Gasteiger charge is -2.31. The Labute approximate surface area is 89.5 Å². The molecule has 0 saturated heterocycles. The number of halogens is 1. The fourth-order valence-corrected chi connectivity index (χ4v) is 3.07. The van der Waals surface area contributed by atoms with Crippen molar-refractivity contribution >= 4 is 0 Å². The van der Waals surface area contributed by atoms with Crippen LogP contribution in [-0.2, 0) is 5.41 Å². The zero-order valence-corrected chi connectivity index (χ0v) is 9.02. The van der Waals surface area contributed by atoms with Crippen LogP contribution in [0.1, 0.15) is 48.4 Å². The first-order chi connectivity index (χ1) is 7.12. The molecule has 80 valence electrons. The van der Waals surface area contributed by atoms with Crippen molar-refractivity contribution in [2.75, 3.05) is 0 Å². The van der Waals surface area contributed by atoms with Crippen molar-refractivity contribution in [2.24, 2.45) is 5.73 Å². The SMILES string of the molecule is Cc1cc(F)cc2c1C(N)CCC21CC1. The molecule has 1 atom stereocenters. The van der Waals surface area contributed by atoms with Crippen LogP contribution in [0.4, 0.5) is 4.39 Å². The molecular weight excluding hydrogens is 189 g/mol. The molecule has 3 rings (SSSR count). The molecule has 1 aromatic carbocycles. The molecule has 15 heavy (non-hydrogen) atoms. The van der Waals surface area contributed by atoms with Crippen molar-refractivity contribution < 1.29 is 4.39 Å². The Morgan fingerprint density at radius 3 is 2.73 bits per heavy atom. The molecule has 1 unspecified atom stereocenters. The van der Waals surface area contributed by atoms with Crippen molar-refractivity contribution in [3.63, 3.8) is 0 Å². The second-order valence-electron chi connectivity index (χ2n) is 5.11. The summed E-state index contributed by atoms with van der Waals surface area (Å²) in [5, 5.41) is 0. The third-order valence-corrected chi connectivity index (χ3v) is 4.08. The summed E-state index contributed by atoms with van der Waals surface area (Å²) in [5.41, 5.74) is 9.89. The van der Waals surface area contributed by atoms with E-state index in [1.807, 2.05) is 6.92 Å². The smallest absolute Gasteiger partial charge is 0.123 e. The normalized spacial score (nSPS) is 26.5. The van der Waals surface area contributed by atoms with E-state index in [4.69, 9.17) is 5.73 Å². The number of nitrogens with two attached hydrogens (primary N) is 1. The first-order valence-electron chi connectivity index (χ1n) is 5.68. The van der Waals surface area contributed by atoms with E-state index in [0.29, 0.717) is 5.41 Å². The first-order valence-corrected chi connectivity index (χ1v) is 5.68. The van der Waals surface area contributed by atoms with Crippen LogP contribution in [0.15, 0.2) is 12.1 Å². The lowest BCUT2D eigenvalue weighted by Crippen LogP contribution is -2.25. The van der Waals surface area contributed by atoms with Crippen LogP contribution < -0.4 is 5.73 Å². The summed E-state index contributed by atoms with van der Waals surface area (Å²) in [6, 6.07) is 3.45. The fraction of sp³-hybridized carbons (Fsp3) is 0.538. The number of aryl methyl sites for hydroxylation is 1. The average molecular weight is 205 g/mol. The minimum atomic E-state index is -0.105.